The molecule has 0 aromatic heterocycles. The van der Waals surface area contributed by atoms with Crippen molar-refractivity contribution < 1.29 is 24.0 Å². The maximum Gasteiger partial charge on any atom is 0.331 e. The quantitative estimate of drug-likeness (QED) is 0.152. The average Bonchev–Trinajstić information content (AvgIpc) is 2.78. The van der Waals surface area contributed by atoms with Gasteiger partial charge in [0, 0.05) is 17.7 Å². The molecule has 0 atom stereocenters. The normalized spacial score (nSPS) is 10.6. The van der Waals surface area contributed by atoms with Crippen LogP contribution in [0.2, 0.25) is 5.02 Å². The molecule has 0 aliphatic carbocycles. The Kier molecular flexibility index (Phi) is 7.13. The van der Waals surface area contributed by atoms with E-state index in [4.69, 9.17) is 21.1 Å². The molecule has 0 unspecified atom stereocenters. The molecular formula is C23H16ClNO6. The molecule has 8 heteroatoms. The predicted molar refractivity (Wildman–Crippen MR) is 115 cm³/mol. The Morgan fingerprint density at radius 3 is 2.35 bits per heavy atom. The van der Waals surface area contributed by atoms with Crippen LogP contribution in [0.15, 0.2) is 78.9 Å². The fourth-order valence-electron chi connectivity index (χ4n) is 2.57. The van der Waals surface area contributed by atoms with Crippen molar-refractivity contribution in [2.45, 2.75) is 0 Å². The molecular weight excluding hydrogens is 422 g/mol. The Morgan fingerprint density at radius 1 is 0.968 bits per heavy atom. The van der Waals surface area contributed by atoms with Gasteiger partial charge in [-0.15, -0.1) is 0 Å². The Hall–Kier alpha value is -3.97. The lowest BCUT2D eigenvalue weighted by Crippen LogP contribution is -2.12. The molecule has 0 aliphatic rings. The number of esters is 1. The van der Waals surface area contributed by atoms with Gasteiger partial charge in [-0.1, -0.05) is 48.0 Å². The Labute approximate surface area is 182 Å². The number of halogens is 1. The van der Waals surface area contributed by atoms with Crippen LogP contribution in [-0.2, 0) is 9.53 Å². The second kappa shape index (κ2) is 10.2. The topological polar surface area (TPSA) is 95.7 Å². The van der Waals surface area contributed by atoms with E-state index in [9.17, 15) is 19.7 Å². The van der Waals surface area contributed by atoms with E-state index in [0.29, 0.717) is 5.56 Å². The summed E-state index contributed by atoms with van der Waals surface area (Å²) < 4.78 is 10.5. The third-order valence-electron chi connectivity index (χ3n) is 4.10. The predicted octanol–water partition coefficient (Wildman–Crippen LogP) is 5.48. The van der Waals surface area contributed by atoms with Crippen molar-refractivity contribution in [2.24, 2.45) is 0 Å². The summed E-state index contributed by atoms with van der Waals surface area (Å²) >= 11 is 6.00. The zero-order valence-electron chi connectivity index (χ0n) is 16.1. The van der Waals surface area contributed by atoms with Gasteiger partial charge >= 0.3 is 11.7 Å². The highest BCUT2D eigenvalue weighted by molar-refractivity contribution is 6.32. The summed E-state index contributed by atoms with van der Waals surface area (Å²) in [6, 6.07) is 19.3. The fourth-order valence-corrected chi connectivity index (χ4v) is 2.77. The Balaban J connectivity index is 1.59. The second-order valence-corrected chi connectivity index (χ2v) is 6.65. The number of para-hydroxylation sites is 1. The number of carbonyl (C=O) groups is 2. The molecule has 0 saturated carbocycles. The van der Waals surface area contributed by atoms with E-state index >= 15 is 0 Å². The number of ketones is 1. The van der Waals surface area contributed by atoms with Gasteiger partial charge < -0.3 is 9.47 Å². The first-order valence-electron chi connectivity index (χ1n) is 9.08. The standard InChI is InChI=1S/C23H16ClNO6/c24-19-7-4-8-20(25(28)29)23(19)31-18-12-10-17(11-13-18)21(26)15-30-22(27)14-9-16-5-2-1-3-6-16/h1-14H,15H2. The van der Waals surface area contributed by atoms with Crippen LogP contribution in [0, 0.1) is 10.1 Å². The Morgan fingerprint density at radius 2 is 1.68 bits per heavy atom. The number of nitrogens with zero attached hydrogens (tertiary/aromatic N) is 1. The highest BCUT2D eigenvalue weighted by atomic mass is 35.5. The zero-order chi connectivity index (χ0) is 22.2. The average molecular weight is 438 g/mol. The van der Waals surface area contributed by atoms with Gasteiger partial charge in [-0.2, -0.15) is 0 Å². The van der Waals surface area contributed by atoms with E-state index in [-0.39, 0.29) is 22.2 Å². The van der Waals surface area contributed by atoms with Gasteiger partial charge in [-0.05, 0) is 42.0 Å². The summed E-state index contributed by atoms with van der Waals surface area (Å²) in [6.07, 6.45) is 2.84. The number of ether oxygens (including phenoxy) is 2. The highest BCUT2D eigenvalue weighted by Gasteiger charge is 2.19. The maximum atomic E-state index is 12.2. The van der Waals surface area contributed by atoms with Gasteiger partial charge in [-0.25, -0.2) is 4.79 Å². The van der Waals surface area contributed by atoms with Gasteiger partial charge in [0.15, 0.2) is 12.4 Å². The van der Waals surface area contributed by atoms with Gasteiger partial charge in [-0.3, -0.25) is 14.9 Å². The molecule has 7 nitrogen and oxygen atoms in total. The number of benzene rings is 3. The van der Waals surface area contributed by atoms with Crippen molar-refractivity contribution >= 4 is 35.1 Å². The van der Waals surface area contributed by atoms with E-state index in [2.05, 4.69) is 0 Å². The summed E-state index contributed by atoms with van der Waals surface area (Å²) in [5.41, 5.74) is 0.851. The molecule has 156 valence electrons. The van der Waals surface area contributed by atoms with Crippen molar-refractivity contribution in [3.63, 3.8) is 0 Å². The molecule has 0 radical (unpaired) electrons. The van der Waals surface area contributed by atoms with Crippen LogP contribution in [0.5, 0.6) is 11.5 Å². The van der Waals surface area contributed by atoms with Gasteiger partial charge in [0.25, 0.3) is 0 Å². The van der Waals surface area contributed by atoms with Crippen molar-refractivity contribution in [1.29, 1.82) is 0 Å². The van der Waals surface area contributed by atoms with Crippen molar-refractivity contribution in [3.8, 4) is 11.5 Å². The number of Topliss-reactive ketones (excluding diaryl/α,β-unsaturated/α-hetero) is 1. The molecule has 3 aromatic carbocycles. The third kappa shape index (κ3) is 6.01. The van der Waals surface area contributed by atoms with Crippen molar-refractivity contribution in [3.05, 3.63) is 105 Å². The minimum atomic E-state index is -0.636. The first kappa shape index (κ1) is 21.7. The molecule has 0 N–H and O–H groups in total. The van der Waals surface area contributed by atoms with E-state index in [1.54, 1.807) is 6.08 Å². The molecule has 3 rings (SSSR count). The van der Waals surface area contributed by atoms with Gasteiger partial charge in [0.1, 0.15) is 5.75 Å². The van der Waals surface area contributed by atoms with Crippen molar-refractivity contribution in [2.75, 3.05) is 6.61 Å². The molecule has 0 heterocycles. The smallest absolute Gasteiger partial charge is 0.331 e. The summed E-state index contributed by atoms with van der Waals surface area (Å²) in [5, 5.41) is 11.2. The summed E-state index contributed by atoms with van der Waals surface area (Å²) in [5.74, 6) is -0.872. The van der Waals surface area contributed by atoms with Gasteiger partial charge in [0.05, 0.1) is 9.95 Å². The largest absolute Gasteiger partial charge is 0.454 e. The second-order valence-electron chi connectivity index (χ2n) is 6.25. The van der Waals surface area contributed by atoms with Crippen LogP contribution in [0.3, 0.4) is 0 Å². The van der Waals surface area contributed by atoms with Crippen molar-refractivity contribution in [1.82, 2.24) is 0 Å². The number of nitro benzene ring substituents is 1. The van der Waals surface area contributed by atoms with Crippen LogP contribution in [-0.4, -0.2) is 23.3 Å². The fraction of sp³-hybridized carbons (Fsp3) is 0.0435. The summed E-state index contributed by atoms with van der Waals surface area (Å²) in [6.45, 7) is -0.422. The maximum absolute atomic E-state index is 12.2. The zero-order valence-corrected chi connectivity index (χ0v) is 16.8. The number of hydrogen-bond donors (Lipinski definition) is 0. The number of nitro groups is 1. The number of hydrogen-bond acceptors (Lipinski definition) is 6. The van der Waals surface area contributed by atoms with E-state index in [1.807, 2.05) is 30.3 Å². The number of rotatable bonds is 8. The van der Waals surface area contributed by atoms with Crippen LogP contribution in [0.25, 0.3) is 6.08 Å². The van der Waals surface area contributed by atoms with Crippen LogP contribution < -0.4 is 4.74 Å². The van der Waals surface area contributed by atoms with Gasteiger partial charge in [0.2, 0.25) is 5.75 Å². The molecule has 31 heavy (non-hydrogen) atoms. The van der Waals surface area contributed by atoms with E-state index in [0.717, 1.165) is 5.56 Å². The number of carbonyl (C=O) groups excluding carboxylic acids is 2. The molecule has 0 saturated heterocycles. The van der Waals surface area contributed by atoms with Crippen LogP contribution in [0.1, 0.15) is 15.9 Å². The lowest BCUT2D eigenvalue weighted by atomic mass is 10.1. The summed E-state index contributed by atoms with van der Waals surface area (Å²) in [7, 11) is 0. The van der Waals surface area contributed by atoms with Crippen LogP contribution >= 0.6 is 11.6 Å². The van der Waals surface area contributed by atoms with Crippen LogP contribution in [0.4, 0.5) is 5.69 Å². The third-order valence-corrected chi connectivity index (χ3v) is 4.39. The summed E-state index contributed by atoms with van der Waals surface area (Å²) in [4.78, 5) is 34.6. The monoisotopic (exact) mass is 437 g/mol. The first-order chi connectivity index (χ1) is 14.9. The molecule has 0 aliphatic heterocycles. The molecule has 0 spiro atoms. The highest BCUT2D eigenvalue weighted by Crippen LogP contribution is 2.37. The molecule has 0 bridgehead atoms. The molecule has 0 amide bonds. The minimum absolute atomic E-state index is 0.0878. The Bertz CT molecular complexity index is 1130. The lowest BCUT2D eigenvalue weighted by molar-refractivity contribution is -0.385. The first-order valence-corrected chi connectivity index (χ1v) is 9.46. The SMILES string of the molecule is O=C(C=Cc1ccccc1)OCC(=O)c1ccc(Oc2c(Cl)cccc2[N+](=O)[O-])cc1. The molecule has 0 fully saturated rings. The van der Waals surface area contributed by atoms with E-state index < -0.39 is 23.3 Å². The van der Waals surface area contributed by atoms with E-state index in [1.165, 1.54) is 48.5 Å². The minimum Gasteiger partial charge on any atom is -0.454 e. The molecule has 3 aromatic rings. The lowest BCUT2D eigenvalue weighted by Gasteiger charge is -2.08.